The van der Waals surface area contributed by atoms with Gasteiger partial charge in [0.15, 0.2) is 11.6 Å². The van der Waals surface area contributed by atoms with E-state index in [9.17, 15) is 26.4 Å². The SMILES string of the molecule is COS(=O)(=O)c1ccc2c(c1)C(=O)c1cc(S(=O)(=O)OC)ccc1C2=O. The normalized spacial score (nSPS) is 14.1. The molecular formula is C16H12O8S2. The Hall–Kier alpha value is -2.40. The Morgan fingerprint density at radius 2 is 0.962 bits per heavy atom. The summed E-state index contributed by atoms with van der Waals surface area (Å²) in [5.41, 5.74) is -0.236. The van der Waals surface area contributed by atoms with Crippen LogP contribution in [0.4, 0.5) is 0 Å². The second kappa shape index (κ2) is 6.09. The zero-order chi connectivity index (χ0) is 19.3. The highest BCUT2D eigenvalue weighted by molar-refractivity contribution is 7.87. The molecule has 136 valence electrons. The van der Waals surface area contributed by atoms with Gasteiger partial charge in [0.2, 0.25) is 0 Å². The van der Waals surface area contributed by atoms with Gasteiger partial charge in [0.1, 0.15) is 0 Å². The number of ketones is 2. The van der Waals surface area contributed by atoms with E-state index in [1.807, 2.05) is 0 Å². The van der Waals surface area contributed by atoms with E-state index < -0.39 is 31.8 Å². The molecule has 26 heavy (non-hydrogen) atoms. The summed E-state index contributed by atoms with van der Waals surface area (Å²) >= 11 is 0. The van der Waals surface area contributed by atoms with Crippen molar-refractivity contribution in [2.24, 2.45) is 0 Å². The van der Waals surface area contributed by atoms with Gasteiger partial charge >= 0.3 is 0 Å². The first-order chi connectivity index (χ1) is 12.1. The average molecular weight is 396 g/mol. The topological polar surface area (TPSA) is 121 Å². The van der Waals surface area contributed by atoms with Crippen LogP contribution in [0.2, 0.25) is 0 Å². The molecule has 0 fully saturated rings. The summed E-state index contributed by atoms with van der Waals surface area (Å²) in [5, 5.41) is 0. The number of rotatable bonds is 4. The van der Waals surface area contributed by atoms with Crippen molar-refractivity contribution in [3.63, 3.8) is 0 Å². The van der Waals surface area contributed by atoms with E-state index in [0.29, 0.717) is 0 Å². The zero-order valence-corrected chi connectivity index (χ0v) is 15.2. The van der Waals surface area contributed by atoms with Crippen LogP contribution in [-0.4, -0.2) is 42.6 Å². The van der Waals surface area contributed by atoms with Gasteiger partial charge in [-0.05, 0) is 36.4 Å². The van der Waals surface area contributed by atoms with Gasteiger partial charge in [-0.2, -0.15) is 16.8 Å². The van der Waals surface area contributed by atoms with Crippen LogP contribution in [0.25, 0.3) is 0 Å². The minimum Gasteiger partial charge on any atom is -0.289 e. The van der Waals surface area contributed by atoms with Crippen molar-refractivity contribution in [2.75, 3.05) is 14.2 Å². The number of carbonyl (C=O) groups is 2. The minimum atomic E-state index is -4.06. The lowest BCUT2D eigenvalue weighted by Crippen LogP contribution is -2.22. The van der Waals surface area contributed by atoms with E-state index >= 15 is 0 Å². The molecule has 3 rings (SSSR count). The molecule has 0 bridgehead atoms. The highest BCUT2D eigenvalue weighted by Gasteiger charge is 2.32. The highest BCUT2D eigenvalue weighted by atomic mass is 32.2. The molecule has 0 saturated carbocycles. The molecule has 0 spiro atoms. The maximum Gasteiger partial charge on any atom is 0.296 e. The summed E-state index contributed by atoms with van der Waals surface area (Å²) in [4.78, 5) is 24.8. The van der Waals surface area contributed by atoms with Gasteiger partial charge in [0.05, 0.1) is 24.0 Å². The van der Waals surface area contributed by atoms with Crippen LogP contribution in [0.15, 0.2) is 46.2 Å². The second-order valence-corrected chi connectivity index (χ2v) is 8.74. The molecule has 0 unspecified atom stereocenters. The van der Waals surface area contributed by atoms with Gasteiger partial charge in [-0.25, -0.2) is 0 Å². The van der Waals surface area contributed by atoms with E-state index in [1.165, 1.54) is 12.1 Å². The summed E-state index contributed by atoms with van der Waals surface area (Å²) in [7, 11) is -6.19. The first kappa shape index (κ1) is 18.4. The third kappa shape index (κ3) is 2.76. The number of hydrogen-bond acceptors (Lipinski definition) is 8. The van der Waals surface area contributed by atoms with Crippen molar-refractivity contribution in [1.29, 1.82) is 0 Å². The molecule has 0 aliphatic heterocycles. The van der Waals surface area contributed by atoms with Crippen LogP contribution in [0, 0.1) is 0 Å². The summed E-state index contributed by atoms with van der Waals surface area (Å²) in [6.07, 6.45) is 0. The summed E-state index contributed by atoms with van der Waals surface area (Å²) in [6, 6.07) is 6.85. The lowest BCUT2D eigenvalue weighted by molar-refractivity contribution is 0.0978. The highest BCUT2D eigenvalue weighted by Crippen LogP contribution is 2.31. The molecule has 0 amide bonds. The maximum absolute atomic E-state index is 12.8. The van der Waals surface area contributed by atoms with Gasteiger partial charge in [0, 0.05) is 22.3 Å². The Morgan fingerprint density at radius 3 is 1.31 bits per heavy atom. The predicted molar refractivity (Wildman–Crippen MR) is 88.1 cm³/mol. The van der Waals surface area contributed by atoms with E-state index in [0.717, 1.165) is 38.5 Å². The summed E-state index contributed by atoms with van der Waals surface area (Å²) in [5.74, 6) is -1.19. The van der Waals surface area contributed by atoms with Crippen LogP contribution in [0.3, 0.4) is 0 Å². The van der Waals surface area contributed by atoms with Crippen molar-refractivity contribution in [2.45, 2.75) is 9.79 Å². The smallest absolute Gasteiger partial charge is 0.289 e. The monoisotopic (exact) mass is 396 g/mol. The Morgan fingerprint density at radius 1 is 0.615 bits per heavy atom. The lowest BCUT2D eigenvalue weighted by Gasteiger charge is -2.18. The largest absolute Gasteiger partial charge is 0.296 e. The van der Waals surface area contributed by atoms with Crippen LogP contribution in [0.1, 0.15) is 31.8 Å². The van der Waals surface area contributed by atoms with Crippen molar-refractivity contribution in [3.05, 3.63) is 58.7 Å². The van der Waals surface area contributed by atoms with Gasteiger partial charge in [-0.1, -0.05) is 0 Å². The van der Waals surface area contributed by atoms with Crippen LogP contribution in [0.5, 0.6) is 0 Å². The van der Waals surface area contributed by atoms with Gasteiger partial charge in [0.25, 0.3) is 20.2 Å². The molecule has 0 saturated heterocycles. The molecule has 0 heterocycles. The predicted octanol–water partition coefficient (Wildman–Crippen LogP) is 1.13. The zero-order valence-electron chi connectivity index (χ0n) is 13.5. The molecular weight excluding hydrogens is 384 g/mol. The second-order valence-electron chi connectivity index (χ2n) is 5.31. The lowest BCUT2D eigenvalue weighted by atomic mass is 9.84. The molecule has 2 aromatic rings. The molecule has 2 aromatic carbocycles. The molecule has 1 aliphatic rings. The number of fused-ring (bicyclic) bond motifs is 2. The molecule has 8 nitrogen and oxygen atoms in total. The van der Waals surface area contributed by atoms with Gasteiger partial charge in [-0.3, -0.25) is 18.0 Å². The molecule has 0 atom stereocenters. The van der Waals surface area contributed by atoms with Crippen molar-refractivity contribution in [3.8, 4) is 0 Å². The van der Waals surface area contributed by atoms with Crippen molar-refractivity contribution < 1.29 is 34.8 Å². The van der Waals surface area contributed by atoms with Gasteiger partial charge < -0.3 is 0 Å². The summed E-state index contributed by atoms with van der Waals surface area (Å²) < 4.78 is 56.1. The Kier molecular flexibility index (Phi) is 4.31. The Balaban J connectivity index is 2.22. The fourth-order valence-electron chi connectivity index (χ4n) is 2.61. The van der Waals surface area contributed by atoms with Crippen LogP contribution >= 0.6 is 0 Å². The van der Waals surface area contributed by atoms with E-state index in [2.05, 4.69) is 8.37 Å². The average Bonchev–Trinajstić information content (AvgIpc) is 2.65. The van der Waals surface area contributed by atoms with E-state index in [4.69, 9.17) is 0 Å². The fraction of sp³-hybridized carbons (Fsp3) is 0.125. The number of benzene rings is 2. The van der Waals surface area contributed by atoms with Crippen LogP contribution < -0.4 is 0 Å². The standard InChI is InChI=1S/C16H12O8S2/c1-23-25(19,20)9-3-5-11-13(7-9)16(18)14-8-10(26(21,22)24-2)4-6-12(14)15(11)17/h3-8H,1-2H3. The number of carbonyl (C=O) groups excluding carboxylic acids is 2. The van der Waals surface area contributed by atoms with Crippen molar-refractivity contribution >= 4 is 31.8 Å². The minimum absolute atomic E-state index is 0.0277. The maximum atomic E-state index is 12.8. The van der Waals surface area contributed by atoms with E-state index in [-0.39, 0.29) is 32.0 Å². The quantitative estimate of drug-likeness (QED) is 0.602. The molecule has 0 radical (unpaired) electrons. The molecule has 0 N–H and O–H groups in total. The number of hydrogen-bond donors (Lipinski definition) is 0. The Labute approximate surface area is 149 Å². The Bertz CT molecular complexity index is 1070. The molecule has 0 aromatic heterocycles. The van der Waals surface area contributed by atoms with E-state index in [1.54, 1.807) is 0 Å². The fourth-order valence-corrected chi connectivity index (χ4v) is 3.99. The first-order valence-corrected chi connectivity index (χ1v) is 9.93. The van der Waals surface area contributed by atoms with Crippen LogP contribution in [-0.2, 0) is 28.6 Å². The summed E-state index contributed by atoms with van der Waals surface area (Å²) in [6.45, 7) is 0. The van der Waals surface area contributed by atoms with Gasteiger partial charge in [-0.15, -0.1) is 0 Å². The first-order valence-electron chi connectivity index (χ1n) is 7.11. The van der Waals surface area contributed by atoms with Crippen molar-refractivity contribution in [1.82, 2.24) is 0 Å². The third-order valence-corrected chi connectivity index (χ3v) is 6.52. The molecule has 10 heteroatoms. The molecule has 1 aliphatic carbocycles. The third-order valence-electron chi connectivity index (χ3n) is 3.98.